The van der Waals surface area contributed by atoms with Gasteiger partial charge in [-0.25, -0.2) is 0 Å². The average molecular weight is 288 g/mol. The zero-order valence-electron chi connectivity index (χ0n) is 12.4. The third-order valence-corrected chi connectivity index (χ3v) is 4.52. The number of carbonyl (C=O) groups is 1. The van der Waals surface area contributed by atoms with Crippen molar-refractivity contribution in [2.45, 2.75) is 44.4 Å². The van der Waals surface area contributed by atoms with E-state index in [0.717, 1.165) is 45.3 Å². The predicted octanol–water partition coefficient (Wildman–Crippen LogP) is 1.54. The Morgan fingerprint density at radius 3 is 2.48 bits per heavy atom. The lowest BCUT2D eigenvalue weighted by molar-refractivity contribution is -0.133. The highest BCUT2D eigenvalue weighted by molar-refractivity contribution is 5.81. The fourth-order valence-electron chi connectivity index (χ4n) is 3.00. The Bertz CT molecular complexity index is 465. The number of aliphatic hydroxyl groups excluding tert-OH is 1. The van der Waals surface area contributed by atoms with E-state index in [9.17, 15) is 9.90 Å². The summed E-state index contributed by atoms with van der Waals surface area (Å²) in [5.74, 6) is -0.0604. The van der Waals surface area contributed by atoms with Crippen LogP contribution in [0.5, 0.6) is 0 Å². The fourth-order valence-corrected chi connectivity index (χ4v) is 3.00. The van der Waals surface area contributed by atoms with Crippen LogP contribution in [0.25, 0.3) is 0 Å². The normalized spacial score (nSPS) is 22.0. The largest absolute Gasteiger partial charge is 0.383 e. The van der Waals surface area contributed by atoms with E-state index >= 15 is 0 Å². The Hall–Kier alpha value is -1.39. The molecule has 114 valence electrons. The minimum absolute atomic E-state index is 0.107. The Morgan fingerprint density at radius 2 is 1.86 bits per heavy atom. The van der Waals surface area contributed by atoms with E-state index in [4.69, 9.17) is 0 Å². The third-order valence-electron chi connectivity index (χ3n) is 4.52. The van der Waals surface area contributed by atoms with Crippen molar-refractivity contribution in [1.29, 1.82) is 0 Å². The molecule has 1 aromatic carbocycles. The summed E-state index contributed by atoms with van der Waals surface area (Å²) in [6.07, 6.45) is 3.09. The first-order valence-corrected chi connectivity index (χ1v) is 7.97. The monoisotopic (exact) mass is 288 g/mol. The molecule has 0 spiro atoms. The molecule has 2 fully saturated rings. The first-order chi connectivity index (χ1) is 10.2. The molecule has 2 aliphatic rings. The SMILES string of the molecule is O=C(NC1CC1)[C@@H](O)C1CCN(Cc2ccccc2)CC1. The third kappa shape index (κ3) is 4.05. The Balaban J connectivity index is 1.44. The van der Waals surface area contributed by atoms with Crippen molar-refractivity contribution in [3.8, 4) is 0 Å². The summed E-state index contributed by atoms with van der Waals surface area (Å²) in [5, 5.41) is 13.1. The maximum absolute atomic E-state index is 11.9. The maximum atomic E-state index is 11.9. The molecule has 1 aromatic rings. The average Bonchev–Trinajstić information content (AvgIpc) is 3.32. The Kier molecular flexibility index (Phi) is 4.56. The fraction of sp³-hybridized carbons (Fsp3) is 0.588. The molecule has 3 rings (SSSR count). The molecule has 1 saturated heterocycles. The molecular weight excluding hydrogens is 264 g/mol. The zero-order chi connectivity index (χ0) is 14.7. The Morgan fingerprint density at radius 1 is 1.19 bits per heavy atom. The number of hydrogen-bond acceptors (Lipinski definition) is 3. The number of rotatable bonds is 5. The molecule has 1 saturated carbocycles. The molecule has 1 aliphatic heterocycles. The van der Waals surface area contributed by atoms with Crippen molar-refractivity contribution in [1.82, 2.24) is 10.2 Å². The topological polar surface area (TPSA) is 52.6 Å². The first kappa shape index (κ1) is 14.5. The van der Waals surface area contributed by atoms with E-state index in [1.165, 1.54) is 5.56 Å². The number of nitrogens with one attached hydrogen (secondary N) is 1. The number of nitrogens with zero attached hydrogens (tertiary/aromatic N) is 1. The molecule has 1 atom stereocenters. The van der Waals surface area contributed by atoms with Crippen LogP contribution in [0.3, 0.4) is 0 Å². The lowest BCUT2D eigenvalue weighted by Gasteiger charge is -2.33. The van der Waals surface area contributed by atoms with Crippen LogP contribution in [-0.4, -0.2) is 41.1 Å². The molecule has 4 nitrogen and oxygen atoms in total. The predicted molar refractivity (Wildman–Crippen MR) is 81.6 cm³/mol. The number of amides is 1. The summed E-state index contributed by atoms with van der Waals surface area (Å²) in [6.45, 7) is 2.86. The minimum atomic E-state index is -0.829. The van der Waals surface area contributed by atoms with Crippen molar-refractivity contribution in [2.24, 2.45) is 5.92 Å². The van der Waals surface area contributed by atoms with Gasteiger partial charge in [-0.05, 0) is 50.3 Å². The summed E-state index contributed by atoms with van der Waals surface area (Å²) in [4.78, 5) is 14.3. The van der Waals surface area contributed by atoms with Gasteiger partial charge in [-0.1, -0.05) is 30.3 Å². The van der Waals surface area contributed by atoms with Gasteiger partial charge in [0.1, 0.15) is 6.10 Å². The van der Waals surface area contributed by atoms with Crippen LogP contribution in [0.4, 0.5) is 0 Å². The molecule has 0 unspecified atom stereocenters. The second-order valence-electron chi connectivity index (χ2n) is 6.33. The molecule has 4 heteroatoms. The Labute approximate surface area is 126 Å². The van der Waals surface area contributed by atoms with E-state index in [1.807, 2.05) is 6.07 Å². The second kappa shape index (κ2) is 6.58. The van der Waals surface area contributed by atoms with E-state index in [2.05, 4.69) is 34.5 Å². The van der Waals surface area contributed by atoms with Gasteiger partial charge in [0.05, 0.1) is 0 Å². The molecule has 0 aromatic heterocycles. The van der Waals surface area contributed by atoms with Crippen molar-refractivity contribution in [2.75, 3.05) is 13.1 Å². The van der Waals surface area contributed by atoms with Crippen LogP contribution in [0.15, 0.2) is 30.3 Å². The molecule has 2 N–H and O–H groups in total. The maximum Gasteiger partial charge on any atom is 0.249 e. The number of piperidine rings is 1. The number of likely N-dealkylation sites (tertiary alicyclic amines) is 1. The van der Waals surface area contributed by atoms with Crippen LogP contribution < -0.4 is 5.32 Å². The number of aliphatic hydroxyl groups is 1. The number of carbonyl (C=O) groups excluding carboxylic acids is 1. The highest BCUT2D eigenvalue weighted by Crippen LogP contribution is 2.24. The van der Waals surface area contributed by atoms with Gasteiger partial charge in [0.15, 0.2) is 0 Å². The lowest BCUT2D eigenvalue weighted by Crippen LogP contribution is -2.44. The highest BCUT2D eigenvalue weighted by Gasteiger charge is 2.32. The first-order valence-electron chi connectivity index (χ1n) is 7.97. The molecule has 0 bridgehead atoms. The smallest absolute Gasteiger partial charge is 0.249 e. The van der Waals surface area contributed by atoms with Crippen LogP contribution >= 0.6 is 0 Å². The van der Waals surface area contributed by atoms with Gasteiger partial charge in [0.2, 0.25) is 5.91 Å². The summed E-state index contributed by atoms with van der Waals surface area (Å²) in [7, 11) is 0. The summed E-state index contributed by atoms with van der Waals surface area (Å²) < 4.78 is 0. The van der Waals surface area contributed by atoms with Gasteiger partial charge in [-0.3, -0.25) is 9.69 Å². The molecule has 1 aliphatic carbocycles. The van der Waals surface area contributed by atoms with E-state index in [0.29, 0.717) is 6.04 Å². The second-order valence-corrected chi connectivity index (χ2v) is 6.33. The van der Waals surface area contributed by atoms with E-state index in [1.54, 1.807) is 0 Å². The quantitative estimate of drug-likeness (QED) is 0.864. The van der Waals surface area contributed by atoms with Gasteiger partial charge < -0.3 is 10.4 Å². The van der Waals surface area contributed by atoms with Crippen molar-refractivity contribution >= 4 is 5.91 Å². The highest BCUT2D eigenvalue weighted by atomic mass is 16.3. The van der Waals surface area contributed by atoms with Crippen LogP contribution in [0.2, 0.25) is 0 Å². The van der Waals surface area contributed by atoms with Crippen LogP contribution in [0.1, 0.15) is 31.2 Å². The van der Waals surface area contributed by atoms with Crippen molar-refractivity contribution in [3.63, 3.8) is 0 Å². The summed E-state index contributed by atoms with van der Waals surface area (Å²) in [5.41, 5.74) is 1.32. The van der Waals surface area contributed by atoms with Crippen LogP contribution in [-0.2, 0) is 11.3 Å². The molecular formula is C17H24N2O2. The van der Waals surface area contributed by atoms with Gasteiger partial charge in [-0.2, -0.15) is 0 Å². The lowest BCUT2D eigenvalue weighted by atomic mass is 9.90. The standard InChI is InChI=1S/C17H24N2O2/c20-16(17(21)18-15-6-7-15)14-8-10-19(11-9-14)12-13-4-2-1-3-5-13/h1-5,14-16,20H,6-12H2,(H,18,21)/t16-/m0/s1. The van der Waals surface area contributed by atoms with Gasteiger partial charge >= 0.3 is 0 Å². The number of benzene rings is 1. The minimum Gasteiger partial charge on any atom is -0.383 e. The van der Waals surface area contributed by atoms with Gasteiger partial charge in [-0.15, -0.1) is 0 Å². The van der Waals surface area contributed by atoms with E-state index < -0.39 is 6.10 Å². The van der Waals surface area contributed by atoms with Crippen molar-refractivity contribution < 1.29 is 9.90 Å². The molecule has 0 radical (unpaired) electrons. The van der Waals surface area contributed by atoms with Crippen LogP contribution in [0, 0.1) is 5.92 Å². The van der Waals surface area contributed by atoms with E-state index in [-0.39, 0.29) is 11.8 Å². The zero-order valence-corrected chi connectivity index (χ0v) is 12.4. The summed E-state index contributed by atoms with van der Waals surface area (Å²) in [6, 6.07) is 10.8. The number of hydrogen-bond donors (Lipinski definition) is 2. The molecule has 1 amide bonds. The van der Waals surface area contributed by atoms with Gasteiger partial charge in [0.25, 0.3) is 0 Å². The molecule has 1 heterocycles. The summed E-state index contributed by atoms with van der Waals surface area (Å²) >= 11 is 0. The van der Waals surface area contributed by atoms with Gasteiger partial charge in [0, 0.05) is 12.6 Å². The molecule has 21 heavy (non-hydrogen) atoms. The van der Waals surface area contributed by atoms with Crippen molar-refractivity contribution in [3.05, 3.63) is 35.9 Å².